The molecule has 0 heterocycles. The molecule has 0 radical (unpaired) electrons. The maximum Gasteiger partial charge on any atom is 0.306 e. The van der Waals surface area contributed by atoms with Crippen molar-refractivity contribution in [2.24, 2.45) is 0 Å². The summed E-state index contributed by atoms with van der Waals surface area (Å²) in [6.45, 7) is 4.04. The molecular weight excluding hydrogens is 1140 g/mol. The van der Waals surface area contributed by atoms with E-state index in [1.165, 1.54) is 225 Å². The molecule has 5 heteroatoms. The maximum absolute atomic E-state index is 12.4. The lowest BCUT2D eigenvalue weighted by molar-refractivity contribution is -0.161. The van der Waals surface area contributed by atoms with Crippen molar-refractivity contribution >= 4 is 11.9 Å². The average Bonchev–Trinajstić information content (AvgIpc) is 3.59. The first-order valence-electron chi connectivity index (χ1n) is 39.9. The Bertz CT molecular complexity index is 1900. The highest BCUT2D eigenvalue weighted by atomic mass is 16.6. The molecule has 0 bridgehead atoms. The van der Waals surface area contributed by atoms with Gasteiger partial charge in [-0.05, 0) is 103 Å². The van der Waals surface area contributed by atoms with Gasteiger partial charge in [-0.2, -0.15) is 0 Å². The normalized spacial score (nSPS) is 13.0. The minimum Gasteiger partial charge on any atom is -0.462 e. The van der Waals surface area contributed by atoms with Crippen molar-refractivity contribution in [1.82, 2.24) is 0 Å². The largest absolute Gasteiger partial charge is 0.462 e. The first kappa shape index (κ1) is 88.8. The summed E-state index contributed by atoms with van der Waals surface area (Å²) in [4.78, 5) is 24.7. The Labute approximate surface area is 578 Å². The summed E-state index contributed by atoms with van der Waals surface area (Å²) in [6, 6.07) is 0. The molecular formula is C88H150O5. The van der Waals surface area contributed by atoms with Crippen LogP contribution in [0.4, 0.5) is 0 Å². The molecule has 0 aliphatic rings. The summed E-state index contributed by atoms with van der Waals surface area (Å²) in [7, 11) is 0. The number of hydrogen-bond acceptors (Lipinski definition) is 5. The molecule has 1 atom stereocenters. The van der Waals surface area contributed by atoms with Crippen molar-refractivity contribution in [2.45, 2.75) is 386 Å². The quantitative estimate of drug-likeness (QED) is 0.0373. The Kier molecular flexibility index (Phi) is 78.3. The second kappa shape index (κ2) is 82.0. The predicted octanol–water partition coefficient (Wildman–Crippen LogP) is 28.4. The maximum atomic E-state index is 12.4. The van der Waals surface area contributed by atoms with Gasteiger partial charge in [0.1, 0.15) is 6.61 Å². The van der Waals surface area contributed by atoms with E-state index in [0.717, 1.165) is 128 Å². The standard InChI is InChI=1S/C88H150O5/c1-3-5-7-9-11-13-15-17-19-21-23-25-27-29-31-33-35-37-39-41-43-44-45-47-49-51-53-55-57-59-61-63-65-67-69-71-73-75-77-79-81-83-88(91)93-86(84-89)85-92-87(90)82-80-78-76-74-72-70-68-66-64-62-60-58-56-54-52-50-48-46-42-40-38-36-34-32-30-28-26-24-22-20-18-16-14-12-10-8-6-4-2/h5,7,11,13,17,19,23,25,29,31,35,37,41,43,45,47,51,53,57,59,63,65,69,71,86,89H,3-4,6,8-10,12,14-16,18,20-22,24,26-28,30,32-34,36,38-40,42,44,46,48-50,52,54-56,58,60-62,64,66-68,70,72-85H2,1-2H3/b7-5-,13-11-,19-17-,25-23-,31-29-,37-35-,43-41-,47-45-,53-51-,59-57-,65-63-,71-69-. The number of carbonyl (C=O) groups is 2. The van der Waals surface area contributed by atoms with Crippen LogP contribution in [0.3, 0.4) is 0 Å². The third-order valence-corrected chi connectivity index (χ3v) is 17.4. The summed E-state index contributed by atoms with van der Waals surface area (Å²) in [5.41, 5.74) is 0. The van der Waals surface area contributed by atoms with E-state index in [1.807, 2.05) is 0 Å². The monoisotopic (exact) mass is 1290 g/mol. The van der Waals surface area contributed by atoms with Gasteiger partial charge in [0.25, 0.3) is 0 Å². The lowest BCUT2D eigenvalue weighted by Crippen LogP contribution is -2.28. The SMILES string of the molecule is CC/C=C\C/C=C\C/C=C\C/C=C\C/C=C\C/C=C\C/C=C\C/C=C\C/C=C\C/C=C\C/C=C\C/C=C\CCCCCCC(=O)OC(CO)COC(=O)CCCCCCCCCCCCCCCCCCCCCCCCCCCCCCCCCCCCCCCC. The van der Waals surface area contributed by atoms with E-state index in [4.69, 9.17) is 9.47 Å². The third-order valence-electron chi connectivity index (χ3n) is 17.4. The molecule has 0 amide bonds. The molecule has 0 aromatic heterocycles. The number of aliphatic hydroxyl groups is 1. The van der Waals surface area contributed by atoms with Crippen molar-refractivity contribution in [3.63, 3.8) is 0 Å². The number of hydrogen-bond donors (Lipinski definition) is 1. The van der Waals surface area contributed by atoms with E-state index in [1.54, 1.807) is 0 Å². The number of ether oxygens (including phenoxy) is 2. The zero-order chi connectivity index (χ0) is 66.8. The van der Waals surface area contributed by atoms with Crippen molar-refractivity contribution in [2.75, 3.05) is 13.2 Å². The van der Waals surface area contributed by atoms with E-state index in [0.29, 0.717) is 12.8 Å². The molecule has 0 aliphatic heterocycles. The van der Waals surface area contributed by atoms with Crippen LogP contribution in [0.5, 0.6) is 0 Å². The highest BCUT2D eigenvalue weighted by Gasteiger charge is 2.16. The molecule has 0 rings (SSSR count). The minimum atomic E-state index is -0.796. The van der Waals surface area contributed by atoms with Gasteiger partial charge in [-0.3, -0.25) is 9.59 Å². The fourth-order valence-electron chi connectivity index (χ4n) is 11.5. The topological polar surface area (TPSA) is 72.8 Å². The van der Waals surface area contributed by atoms with E-state index < -0.39 is 6.10 Å². The molecule has 5 nitrogen and oxygen atoms in total. The van der Waals surface area contributed by atoms with Crippen LogP contribution in [0.25, 0.3) is 0 Å². The third kappa shape index (κ3) is 80.1. The molecule has 93 heavy (non-hydrogen) atoms. The van der Waals surface area contributed by atoms with Gasteiger partial charge in [-0.15, -0.1) is 0 Å². The molecule has 0 fully saturated rings. The van der Waals surface area contributed by atoms with Gasteiger partial charge in [0.2, 0.25) is 0 Å². The molecule has 532 valence electrons. The van der Waals surface area contributed by atoms with E-state index in [-0.39, 0.29) is 25.2 Å². The van der Waals surface area contributed by atoms with Crippen LogP contribution in [-0.2, 0) is 19.1 Å². The summed E-state index contributed by atoms with van der Waals surface area (Å²) in [6.07, 6.45) is 124. The van der Waals surface area contributed by atoms with Crippen LogP contribution in [0.1, 0.15) is 380 Å². The van der Waals surface area contributed by atoms with Crippen molar-refractivity contribution in [3.05, 3.63) is 146 Å². The van der Waals surface area contributed by atoms with Gasteiger partial charge in [0, 0.05) is 12.8 Å². The minimum absolute atomic E-state index is 0.0809. The van der Waals surface area contributed by atoms with Crippen molar-refractivity contribution in [1.29, 1.82) is 0 Å². The highest BCUT2D eigenvalue weighted by Crippen LogP contribution is 2.19. The van der Waals surface area contributed by atoms with Crippen molar-refractivity contribution in [3.8, 4) is 0 Å². The van der Waals surface area contributed by atoms with Crippen LogP contribution in [0.15, 0.2) is 146 Å². The molecule has 0 saturated carbocycles. The molecule has 0 aliphatic carbocycles. The van der Waals surface area contributed by atoms with Gasteiger partial charge in [0.05, 0.1) is 6.61 Å². The van der Waals surface area contributed by atoms with Gasteiger partial charge >= 0.3 is 11.9 Å². The van der Waals surface area contributed by atoms with Crippen LogP contribution in [0, 0.1) is 0 Å². The van der Waals surface area contributed by atoms with Crippen LogP contribution in [-0.4, -0.2) is 36.4 Å². The predicted molar refractivity (Wildman–Crippen MR) is 412 cm³/mol. The molecule has 0 aromatic carbocycles. The number of rotatable bonds is 73. The van der Waals surface area contributed by atoms with Crippen LogP contribution in [0.2, 0.25) is 0 Å². The van der Waals surface area contributed by atoms with Gasteiger partial charge in [-0.25, -0.2) is 0 Å². The molecule has 0 spiro atoms. The van der Waals surface area contributed by atoms with Gasteiger partial charge in [-0.1, -0.05) is 410 Å². The number of esters is 2. The zero-order valence-electron chi connectivity index (χ0n) is 61.2. The van der Waals surface area contributed by atoms with Crippen LogP contribution >= 0.6 is 0 Å². The lowest BCUT2D eigenvalue weighted by Gasteiger charge is -2.15. The highest BCUT2D eigenvalue weighted by molar-refractivity contribution is 5.70. The van der Waals surface area contributed by atoms with Crippen LogP contribution < -0.4 is 0 Å². The Hall–Kier alpha value is -4.22. The van der Waals surface area contributed by atoms with Gasteiger partial charge < -0.3 is 14.6 Å². The second-order valence-corrected chi connectivity index (χ2v) is 26.4. The molecule has 0 saturated heterocycles. The fourth-order valence-corrected chi connectivity index (χ4v) is 11.5. The number of aliphatic hydroxyl groups excluding tert-OH is 1. The Morgan fingerprint density at radius 3 is 0.699 bits per heavy atom. The Morgan fingerprint density at radius 1 is 0.258 bits per heavy atom. The zero-order valence-corrected chi connectivity index (χ0v) is 61.2. The Balaban J connectivity index is 3.53. The molecule has 0 aromatic rings. The molecule has 1 unspecified atom stereocenters. The summed E-state index contributed by atoms with van der Waals surface area (Å²) < 4.78 is 10.8. The van der Waals surface area contributed by atoms with E-state index >= 15 is 0 Å². The van der Waals surface area contributed by atoms with E-state index in [2.05, 4.69) is 160 Å². The lowest BCUT2D eigenvalue weighted by atomic mass is 10.0. The summed E-state index contributed by atoms with van der Waals surface area (Å²) in [5.74, 6) is -0.614. The smallest absolute Gasteiger partial charge is 0.306 e. The van der Waals surface area contributed by atoms with Crippen molar-refractivity contribution < 1.29 is 24.2 Å². The summed E-state index contributed by atoms with van der Waals surface area (Å²) >= 11 is 0. The number of carbonyl (C=O) groups excluding carboxylic acids is 2. The fraction of sp³-hybridized carbons (Fsp3) is 0.705. The van der Waals surface area contributed by atoms with E-state index in [9.17, 15) is 14.7 Å². The number of unbranched alkanes of at least 4 members (excludes halogenated alkanes) is 41. The summed E-state index contributed by atoms with van der Waals surface area (Å²) in [5, 5.41) is 9.72. The first-order chi connectivity index (χ1) is 46.1. The average molecular weight is 1290 g/mol. The number of allylic oxidation sites excluding steroid dienone is 24. The second-order valence-electron chi connectivity index (χ2n) is 26.4. The Morgan fingerprint density at radius 2 is 0.462 bits per heavy atom. The molecule has 1 N–H and O–H groups in total. The van der Waals surface area contributed by atoms with Gasteiger partial charge in [0.15, 0.2) is 6.10 Å². The first-order valence-corrected chi connectivity index (χ1v) is 39.9.